The Kier molecular flexibility index (Phi) is 3.56. The largest absolute Gasteiger partial charge is 0.477 e. The number of nitrogens with one attached hydrogen (secondary N) is 1. The monoisotopic (exact) mass is 221 g/mol. The van der Waals surface area contributed by atoms with Crippen LogP contribution in [0.4, 0.5) is 5.82 Å². The van der Waals surface area contributed by atoms with Crippen molar-refractivity contribution in [2.75, 3.05) is 5.32 Å². The van der Waals surface area contributed by atoms with Gasteiger partial charge >= 0.3 is 5.97 Å². The van der Waals surface area contributed by atoms with E-state index in [-0.39, 0.29) is 11.6 Å². The van der Waals surface area contributed by atoms with Crippen LogP contribution in [0, 0.1) is 19.3 Å². The number of carboxylic acid groups (broad SMARTS) is 1. The molecule has 0 spiro atoms. The first kappa shape index (κ1) is 12.1. The molecule has 0 saturated carbocycles. The third kappa shape index (κ3) is 2.34. The highest BCUT2D eigenvalue weighted by Crippen LogP contribution is 2.19. The Morgan fingerprint density at radius 3 is 2.88 bits per heavy atom. The summed E-state index contributed by atoms with van der Waals surface area (Å²) in [4.78, 5) is 11.1. The van der Waals surface area contributed by atoms with Crippen LogP contribution in [-0.2, 0) is 7.05 Å². The molecule has 0 aromatic carbocycles. The number of anilines is 1. The topological polar surface area (TPSA) is 67.2 Å². The number of hydrogen-bond donors (Lipinski definition) is 2. The van der Waals surface area contributed by atoms with Crippen LogP contribution in [0.1, 0.15) is 29.4 Å². The molecule has 1 unspecified atom stereocenters. The maximum Gasteiger partial charge on any atom is 0.341 e. The van der Waals surface area contributed by atoms with Crippen LogP contribution in [0.3, 0.4) is 0 Å². The zero-order valence-corrected chi connectivity index (χ0v) is 9.61. The minimum Gasteiger partial charge on any atom is -0.477 e. The molecule has 5 heteroatoms. The number of aromatic carboxylic acids is 1. The summed E-state index contributed by atoms with van der Waals surface area (Å²) in [5, 5.41) is 16.2. The summed E-state index contributed by atoms with van der Waals surface area (Å²) in [6.07, 6.45) is 5.73. The molecule has 1 aromatic heterocycles. The zero-order chi connectivity index (χ0) is 12.3. The number of aryl methyl sites for hydroxylation is 2. The van der Waals surface area contributed by atoms with Crippen LogP contribution in [0.2, 0.25) is 0 Å². The van der Waals surface area contributed by atoms with E-state index in [9.17, 15) is 4.79 Å². The van der Waals surface area contributed by atoms with Gasteiger partial charge in [-0.2, -0.15) is 5.10 Å². The molecule has 0 aliphatic heterocycles. The Morgan fingerprint density at radius 2 is 2.38 bits per heavy atom. The lowest BCUT2D eigenvalue weighted by molar-refractivity contribution is 0.0697. The molecule has 1 heterocycles. The first-order valence-electron chi connectivity index (χ1n) is 4.94. The number of terminal acetylenes is 1. The second-order valence-electron chi connectivity index (χ2n) is 3.69. The van der Waals surface area contributed by atoms with E-state index in [0.29, 0.717) is 17.9 Å². The Balaban J connectivity index is 3.04. The summed E-state index contributed by atoms with van der Waals surface area (Å²) in [5.41, 5.74) is 0.691. The molecule has 1 aromatic rings. The molecule has 0 aliphatic carbocycles. The van der Waals surface area contributed by atoms with Crippen LogP contribution in [-0.4, -0.2) is 26.9 Å². The summed E-state index contributed by atoms with van der Waals surface area (Å²) < 4.78 is 1.52. The number of aromatic nitrogens is 2. The van der Waals surface area contributed by atoms with Gasteiger partial charge in [-0.3, -0.25) is 4.68 Å². The van der Waals surface area contributed by atoms with Gasteiger partial charge < -0.3 is 10.4 Å². The highest BCUT2D eigenvalue weighted by molar-refractivity contribution is 5.94. The fourth-order valence-electron chi connectivity index (χ4n) is 1.54. The maximum atomic E-state index is 11.1. The number of carbonyl (C=O) groups is 1. The van der Waals surface area contributed by atoms with Gasteiger partial charge in [0.15, 0.2) is 0 Å². The van der Waals surface area contributed by atoms with E-state index in [1.165, 1.54) is 4.68 Å². The predicted molar refractivity (Wildman–Crippen MR) is 61.4 cm³/mol. The number of hydrogen-bond acceptors (Lipinski definition) is 3. The molecule has 5 nitrogen and oxygen atoms in total. The summed E-state index contributed by atoms with van der Waals surface area (Å²) in [5.74, 6) is 2.03. The molecule has 16 heavy (non-hydrogen) atoms. The van der Waals surface area contributed by atoms with Gasteiger partial charge in [-0.05, 0) is 13.8 Å². The molecule has 0 radical (unpaired) electrons. The lowest BCUT2D eigenvalue weighted by Gasteiger charge is -2.13. The van der Waals surface area contributed by atoms with Gasteiger partial charge in [0.1, 0.15) is 11.4 Å². The molecule has 0 fully saturated rings. The summed E-state index contributed by atoms with van der Waals surface area (Å²) in [6.45, 7) is 3.56. The molecule has 0 saturated heterocycles. The third-order valence-corrected chi connectivity index (χ3v) is 2.24. The van der Waals surface area contributed by atoms with Crippen molar-refractivity contribution in [1.29, 1.82) is 0 Å². The van der Waals surface area contributed by atoms with Gasteiger partial charge in [-0.15, -0.1) is 12.3 Å². The fourth-order valence-corrected chi connectivity index (χ4v) is 1.54. The van der Waals surface area contributed by atoms with Crippen LogP contribution in [0.5, 0.6) is 0 Å². The van der Waals surface area contributed by atoms with E-state index in [2.05, 4.69) is 16.3 Å². The number of carboxylic acids is 1. The molecule has 0 aliphatic rings. The summed E-state index contributed by atoms with van der Waals surface area (Å²) in [7, 11) is 1.70. The van der Waals surface area contributed by atoms with E-state index in [0.717, 1.165) is 0 Å². The predicted octanol–water partition coefficient (Wildman–Crippen LogP) is 1.25. The van der Waals surface area contributed by atoms with Gasteiger partial charge in [-0.1, -0.05) is 0 Å². The first-order chi connectivity index (χ1) is 7.47. The SMILES string of the molecule is C#CCC(C)Nc1c(C(=O)O)c(C)nn1C. The molecule has 1 atom stereocenters. The Morgan fingerprint density at radius 1 is 1.75 bits per heavy atom. The van der Waals surface area contributed by atoms with Crippen molar-refractivity contribution >= 4 is 11.8 Å². The Labute approximate surface area is 94.5 Å². The molecule has 2 N–H and O–H groups in total. The second kappa shape index (κ2) is 4.71. The van der Waals surface area contributed by atoms with Crippen molar-refractivity contribution in [2.24, 2.45) is 7.05 Å². The van der Waals surface area contributed by atoms with Gasteiger partial charge in [0.05, 0.1) is 5.69 Å². The van der Waals surface area contributed by atoms with Gasteiger partial charge in [0.2, 0.25) is 0 Å². The van der Waals surface area contributed by atoms with Crippen molar-refractivity contribution in [3.05, 3.63) is 11.3 Å². The number of rotatable bonds is 4. The smallest absolute Gasteiger partial charge is 0.341 e. The molecular weight excluding hydrogens is 206 g/mol. The minimum atomic E-state index is -0.985. The molecular formula is C11H15N3O2. The molecule has 1 rings (SSSR count). The normalized spacial score (nSPS) is 11.9. The maximum absolute atomic E-state index is 11.1. The van der Waals surface area contributed by atoms with E-state index < -0.39 is 5.97 Å². The van der Waals surface area contributed by atoms with Gasteiger partial charge in [0.25, 0.3) is 0 Å². The lowest BCUT2D eigenvalue weighted by Crippen LogP contribution is -2.18. The standard InChI is InChI=1S/C11H15N3O2/c1-5-6-7(2)12-10-9(11(15)16)8(3)13-14(10)4/h1,7,12H,6H2,2-4H3,(H,15,16). The molecule has 0 amide bonds. The van der Waals surface area contributed by atoms with Crippen LogP contribution in [0.15, 0.2) is 0 Å². The van der Waals surface area contributed by atoms with Crippen LogP contribution in [0.25, 0.3) is 0 Å². The van der Waals surface area contributed by atoms with Crippen molar-refractivity contribution in [3.8, 4) is 12.3 Å². The summed E-state index contributed by atoms with van der Waals surface area (Å²) >= 11 is 0. The van der Waals surface area contributed by atoms with Gasteiger partial charge in [0, 0.05) is 19.5 Å². The zero-order valence-electron chi connectivity index (χ0n) is 9.61. The van der Waals surface area contributed by atoms with E-state index >= 15 is 0 Å². The molecule has 86 valence electrons. The average Bonchev–Trinajstić information content (AvgIpc) is 2.41. The van der Waals surface area contributed by atoms with E-state index in [1.807, 2.05) is 6.92 Å². The quantitative estimate of drug-likeness (QED) is 0.751. The van der Waals surface area contributed by atoms with Crippen molar-refractivity contribution in [2.45, 2.75) is 26.3 Å². The average molecular weight is 221 g/mol. The van der Waals surface area contributed by atoms with E-state index in [4.69, 9.17) is 11.5 Å². The third-order valence-electron chi connectivity index (χ3n) is 2.24. The van der Waals surface area contributed by atoms with Crippen molar-refractivity contribution < 1.29 is 9.90 Å². The molecule has 0 bridgehead atoms. The first-order valence-corrected chi connectivity index (χ1v) is 4.94. The van der Waals surface area contributed by atoms with E-state index in [1.54, 1.807) is 14.0 Å². The minimum absolute atomic E-state index is 0.0119. The Bertz CT molecular complexity index is 443. The fraction of sp³-hybridized carbons (Fsp3) is 0.455. The highest BCUT2D eigenvalue weighted by Gasteiger charge is 2.20. The lowest BCUT2D eigenvalue weighted by atomic mass is 10.2. The van der Waals surface area contributed by atoms with Crippen molar-refractivity contribution in [3.63, 3.8) is 0 Å². The Hall–Kier alpha value is -1.96. The van der Waals surface area contributed by atoms with Crippen LogP contribution < -0.4 is 5.32 Å². The number of nitrogens with zero attached hydrogens (tertiary/aromatic N) is 2. The van der Waals surface area contributed by atoms with Crippen LogP contribution >= 0.6 is 0 Å². The van der Waals surface area contributed by atoms with Crippen molar-refractivity contribution in [1.82, 2.24) is 9.78 Å². The highest BCUT2D eigenvalue weighted by atomic mass is 16.4. The van der Waals surface area contributed by atoms with Gasteiger partial charge in [-0.25, -0.2) is 4.79 Å². The summed E-state index contributed by atoms with van der Waals surface area (Å²) in [6, 6.07) is 0.0119. The second-order valence-corrected chi connectivity index (χ2v) is 3.69.